The van der Waals surface area contributed by atoms with Gasteiger partial charge in [-0.25, -0.2) is 0 Å². The van der Waals surface area contributed by atoms with Crippen LogP contribution in [0.4, 0.5) is 0 Å². The molecule has 0 radical (unpaired) electrons. The second-order valence-corrected chi connectivity index (χ2v) is 6.52. The molecule has 0 aliphatic rings. The predicted octanol–water partition coefficient (Wildman–Crippen LogP) is 3.09. The highest BCUT2D eigenvalue weighted by molar-refractivity contribution is 7.11. The van der Waals surface area contributed by atoms with E-state index in [1.54, 1.807) is 17.6 Å². The van der Waals surface area contributed by atoms with Gasteiger partial charge in [-0.15, -0.1) is 21.5 Å². The topological polar surface area (TPSA) is 51.0 Å². The maximum absolute atomic E-state index is 5.32. The molecule has 0 amide bonds. The Morgan fingerprint density at radius 2 is 2.00 bits per heavy atom. The molecule has 5 heteroatoms. The summed E-state index contributed by atoms with van der Waals surface area (Å²) in [6.07, 6.45) is 5.67. The molecule has 0 aliphatic heterocycles. The van der Waals surface area contributed by atoms with Crippen molar-refractivity contribution in [3.63, 3.8) is 0 Å². The van der Waals surface area contributed by atoms with Gasteiger partial charge in [-0.1, -0.05) is 13.8 Å². The van der Waals surface area contributed by atoms with Gasteiger partial charge in [-0.05, 0) is 37.6 Å². The molecule has 2 heterocycles. The standard InChI is InChI=1S/C15H23N3OS/c1-12(2)11-16-9-3-6-14-17-18-15(20-14)8-7-13-5-4-10-19-13/h4-5,10,12,16H,3,6-9,11H2,1-2H3. The Morgan fingerprint density at radius 3 is 2.70 bits per heavy atom. The van der Waals surface area contributed by atoms with Crippen LogP contribution in [-0.2, 0) is 19.3 Å². The second kappa shape index (κ2) is 8.17. The Morgan fingerprint density at radius 1 is 1.20 bits per heavy atom. The first-order valence-electron chi connectivity index (χ1n) is 7.28. The van der Waals surface area contributed by atoms with Crippen molar-refractivity contribution in [2.75, 3.05) is 13.1 Å². The van der Waals surface area contributed by atoms with Gasteiger partial charge in [0.05, 0.1) is 6.26 Å². The molecule has 0 aliphatic carbocycles. The third-order valence-electron chi connectivity index (χ3n) is 2.97. The van der Waals surface area contributed by atoms with E-state index >= 15 is 0 Å². The molecule has 2 aromatic rings. The lowest BCUT2D eigenvalue weighted by Gasteiger charge is -2.05. The van der Waals surface area contributed by atoms with Crippen LogP contribution >= 0.6 is 11.3 Å². The molecule has 0 saturated carbocycles. The van der Waals surface area contributed by atoms with Crippen molar-refractivity contribution < 1.29 is 4.42 Å². The summed E-state index contributed by atoms with van der Waals surface area (Å²) in [6, 6.07) is 3.92. The quantitative estimate of drug-likeness (QED) is 0.722. The zero-order chi connectivity index (χ0) is 14.2. The summed E-state index contributed by atoms with van der Waals surface area (Å²) in [5, 5.41) is 14.2. The van der Waals surface area contributed by atoms with Crippen LogP contribution in [0.25, 0.3) is 0 Å². The van der Waals surface area contributed by atoms with Crippen LogP contribution in [0.5, 0.6) is 0 Å². The summed E-state index contributed by atoms with van der Waals surface area (Å²) < 4.78 is 5.32. The van der Waals surface area contributed by atoms with Gasteiger partial charge in [0.1, 0.15) is 15.8 Å². The van der Waals surface area contributed by atoms with E-state index in [4.69, 9.17) is 4.42 Å². The van der Waals surface area contributed by atoms with Crippen LogP contribution in [0.1, 0.15) is 36.0 Å². The van der Waals surface area contributed by atoms with Crippen molar-refractivity contribution in [1.29, 1.82) is 0 Å². The molecule has 2 rings (SSSR count). The summed E-state index contributed by atoms with van der Waals surface area (Å²) in [7, 11) is 0. The highest BCUT2D eigenvalue weighted by Crippen LogP contribution is 2.14. The zero-order valence-corrected chi connectivity index (χ0v) is 13.1. The fraction of sp³-hybridized carbons (Fsp3) is 0.600. The van der Waals surface area contributed by atoms with E-state index in [1.807, 2.05) is 12.1 Å². The average Bonchev–Trinajstić information content (AvgIpc) is 3.07. The van der Waals surface area contributed by atoms with Gasteiger partial charge in [0, 0.05) is 19.3 Å². The molecule has 0 saturated heterocycles. The monoisotopic (exact) mass is 293 g/mol. The van der Waals surface area contributed by atoms with Crippen molar-refractivity contribution in [2.45, 2.75) is 39.5 Å². The summed E-state index contributed by atoms with van der Waals surface area (Å²) in [5.74, 6) is 1.73. The van der Waals surface area contributed by atoms with Crippen LogP contribution in [-0.4, -0.2) is 23.3 Å². The molecular formula is C15H23N3OS. The number of hydrogen-bond donors (Lipinski definition) is 1. The predicted molar refractivity (Wildman–Crippen MR) is 82.1 cm³/mol. The smallest absolute Gasteiger partial charge is 0.117 e. The highest BCUT2D eigenvalue weighted by Gasteiger charge is 2.05. The van der Waals surface area contributed by atoms with Crippen LogP contribution in [0.15, 0.2) is 22.8 Å². The number of nitrogens with zero attached hydrogens (tertiary/aromatic N) is 2. The maximum Gasteiger partial charge on any atom is 0.117 e. The molecule has 0 unspecified atom stereocenters. The van der Waals surface area contributed by atoms with Crippen molar-refractivity contribution in [1.82, 2.24) is 15.5 Å². The Hall–Kier alpha value is -1.20. The van der Waals surface area contributed by atoms with E-state index in [9.17, 15) is 0 Å². The first kappa shape index (κ1) is 15.2. The van der Waals surface area contributed by atoms with E-state index in [0.717, 1.165) is 54.5 Å². The molecule has 0 fully saturated rings. The lowest BCUT2D eigenvalue weighted by Crippen LogP contribution is -2.21. The number of hydrogen-bond acceptors (Lipinski definition) is 5. The third kappa shape index (κ3) is 5.43. The lowest BCUT2D eigenvalue weighted by atomic mass is 10.2. The van der Waals surface area contributed by atoms with Crippen molar-refractivity contribution in [3.8, 4) is 0 Å². The molecule has 0 spiro atoms. The highest BCUT2D eigenvalue weighted by atomic mass is 32.1. The van der Waals surface area contributed by atoms with E-state index in [0.29, 0.717) is 5.92 Å². The largest absolute Gasteiger partial charge is 0.469 e. The SMILES string of the molecule is CC(C)CNCCCc1nnc(CCc2ccco2)s1. The number of aryl methyl sites for hydroxylation is 3. The summed E-state index contributed by atoms with van der Waals surface area (Å²) in [4.78, 5) is 0. The number of nitrogens with one attached hydrogen (secondary N) is 1. The van der Waals surface area contributed by atoms with Gasteiger partial charge >= 0.3 is 0 Å². The first-order chi connectivity index (χ1) is 9.74. The minimum Gasteiger partial charge on any atom is -0.469 e. The lowest BCUT2D eigenvalue weighted by molar-refractivity contribution is 0.508. The number of aromatic nitrogens is 2. The fourth-order valence-electron chi connectivity index (χ4n) is 1.93. The number of rotatable bonds is 9. The maximum atomic E-state index is 5.32. The molecule has 110 valence electrons. The Balaban J connectivity index is 1.64. The van der Waals surface area contributed by atoms with E-state index < -0.39 is 0 Å². The van der Waals surface area contributed by atoms with Crippen LogP contribution in [0.2, 0.25) is 0 Å². The third-order valence-corrected chi connectivity index (χ3v) is 4.01. The van der Waals surface area contributed by atoms with Gasteiger partial charge in [0.2, 0.25) is 0 Å². The fourth-order valence-corrected chi connectivity index (χ4v) is 2.82. The molecule has 0 aromatic carbocycles. The summed E-state index contributed by atoms with van der Waals surface area (Å²) in [5.41, 5.74) is 0. The Kier molecular flexibility index (Phi) is 6.21. The van der Waals surface area contributed by atoms with Gasteiger partial charge in [-0.2, -0.15) is 0 Å². The molecule has 4 nitrogen and oxygen atoms in total. The molecule has 1 N–H and O–H groups in total. The Bertz CT molecular complexity index is 479. The van der Waals surface area contributed by atoms with E-state index in [-0.39, 0.29) is 0 Å². The van der Waals surface area contributed by atoms with E-state index in [2.05, 4.69) is 29.4 Å². The van der Waals surface area contributed by atoms with Crippen LogP contribution in [0.3, 0.4) is 0 Å². The minimum atomic E-state index is 0.713. The minimum absolute atomic E-state index is 0.713. The summed E-state index contributed by atoms with van der Waals surface area (Å²) in [6.45, 7) is 6.59. The van der Waals surface area contributed by atoms with E-state index in [1.165, 1.54) is 0 Å². The molecule has 0 atom stereocenters. The van der Waals surface area contributed by atoms with Crippen LogP contribution < -0.4 is 5.32 Å². The van der Waals surface area contributed by atoms with Crippen LogP contribution in [0, 0.1) is 5.92 Å². The zero-order valence-electron chi connectivity index (χ0n) is 12.3. The van der Waals surface area contributed by atoms with Crippen molar-refractivity contribution in [2.24, 2.45) is 5.92 Å². The van der Waals surface area contributed by atoms with Crippen molar-refractivity contribution >= 4 is 11.3 Å². The van der Waals surface area contributed by atoms with Gasteiger partial charge in [-0.3, -0.25) is 0 Å². The molecular weight excluding hydrogens is 270 g/mol. The Labute approximate surface area is 124 Å². The number of furan rings is 1. The van der Waals surface area contributed by atoms with Gasteiger partial charge < -0.3 is 9.73 Å². The van der Waals surface area contributed by atoms with Gasteiger partial charge in [0.25, 0.3) is 0 Å². The van der Waals surface area contributed by atoms with Gasteiger partial charge in [0.15, 0.2) is 0 Å². The molecule has 0 bridgehead atoms. The van der Waals surface area contributed by atoms with Crippen molar-refractivity contribution in [3.05, 3.63) is 34.2 Å². The molecule has 2 aromatic heterocycles. The first-order valence-corrected chi connectivity index (χ1v) is 8.10. The molecule has 20 heavy (non-hydrogen) atoms. The normalized spacial score (nSPS) is 11.3. The summed E-state index contributed by atoms with van der Waals surface area (Å²) >= 11 is 1.73. The second-order valence-electron chi connectivity index (χ2n) is 5.37. The average molecular weight is 293 g/mol.